The van der Waals surface area contributed by atoms with E-state index in [0.717, 1.165) is 27.2 Å². The fraction of sp³-hybridized carbons (Fsp3) is 0.214. The van der Waals surface area contributed by atoms with Gasteiger partial charge in [0.2, 0.25) is 5.91 Å². The Morgan fingerprint density at radius 3 is 3.05 bits per heavy atom. The Bertz CT molecular complexity index is 674. The van der Waals surface area contributed by atoms with E-state index in [-0.39, 0.29) is 11.9 Å². The Hall–Kier alpha value is -1.79. The monoisotopic (exact) mass is 332 g/mol. The van der Waals surface area contributed by atoms with E-state index in [9.17, 15) is 4.79 Å². The number of benzene rings is 1. The first-order valence-electron chi connectivity index (χ1n) is 6.26. The summed E-state index contributed by atoms with van der Waals surface area (Å²) in [5, 5.41) is 6.10. The zero-order valence-corrected chi connectivity index (χ0v) is 12.4. The number of aromatic nitrogens is 2. The largest absolute Gasteiger partial charge is 0.324 e. The fourth-order valence-corrected chi connectivity index (χ4v) is 2.61. The first-order valence-corrected chi connectivity index (χ1v) is 7.05. The summed E-state index contributed by atoms with van der Waals surface area (Å²) in [6.07, 6.45) is 1.72. The van der Waals surface area contributed by atoms with Gasteiger partial charge in [-0.25, -0.2) is 9.97 Å². The Morgan fingerprint density at radius 2 is 2.25 bits per heavy atom. The molecule has 2 N–H and O–H groups in total. The minimum atomic E-state index is -0.339. The summed E-state index contributed by atoms with van der Waals surface area (Å²) >= 11 is 3.40. The van der Waals surface area contributed by atoms with Crippen molar-refractivity contribution < 1.29 is 4.79 Å². The van der Waals surface area contributed by atoms with Gasteiger partial charge < -0.3 is 5.32 Å². The van der Waals surface area contributed by atoms with Crippen LogP contribution in [-0.2, 0) is 11.3 Å². The highest BCUT2D eigenvalue weighted by molar-refractivity contribution is 9.10. The van der Waals surface area contributed by atoms with Crippen LogP contribution in [0.3, 0.4) is 0 Å². The van der Waals surface area contributed by atoms with Crippen LogP contribution in [0.2, 0.25) is 0 Å². The van der Waals surface area contributed by atoms with Gasteiger partial charge in [0.15, 0.2) is 0 Å². The number of carbonyl (C=O) groups excluding carboxylic acids is 1. The molecule has 0 fully saturated rings. The molecule has 1 unspecified atom stereocenters. The van der Waals surface area contributed by atoms with Crippen molar-refractivity contribution in [3.8, 4) is 0 Å². The number of aryl methyl sites for hydroxylation is 1. The lowest BCUT2D eigenvalue weighted by Gasteiger charge is -2.11. The maximum atomic E-state index is 12.0. The van der Waals surface area contributed by atoms with E-state index in [4.69, 9.17) is 0 Å². The third-order valence-corrected chi connectivity index (χ3v) is 3.66. The molecule has 2 heterocycles. The molecule has 1 aliphatic rings. The van der Waals surface area contributed by atoms with E-state index in [1.165, 1.54) is 0 Å². The van der Waals surface area contributed by atoms with Crippen molar-refractivity contribution in [2.24, 2.45) is 0 Å². The molecule has 2 aromatic rings. The van der Waals surface area contributed by atoms with Crippen molar-refractivity contribution in [3.05, 3.63) is 52.0 Å². The molecular formula is C14H13BrN4O. The van der Waals surface area contributed by atoms with Crippen molar-refractivity contribution in [1.29, 1.82) is 0 Å². The molecule has 1 aliphatic heterocycles. The van der Waals surface area contributed by atoms with E-state index in [1.807, 2.05) is 31.2 Å². The number of anilines is 1. The molecular weight excluding hydrogens is 320 g/mol. The van der Waals surface area contributed by atoms with Crippen LogP contribution in [0, 0.1) is 6.92 Å². The normalized spacial score (nSPS) is 16.9. The molecule has 0 radical (unpaired) electrons. The minimum Gasteiger partial charge on any atom is -0.324 e. The van der Waals surface area contributed by atoms with Gasteiger partial charge in [-0.15, -0.1) is 0 Å². The molecule has 0 aliphatic carbocycles. The molecule has 6 heteroatoms. The number of fused-ring (bicyclic) bond motifs is 1. The van der Waals surface area contributed by atoms with Crippen LogP contribution < -0.4 is 10.6 Å². The third-order valence-electron chi connectivity index (χ3n) is 3.17. The van der Waals surface area contributed by atoms with E-state index < -0.39 is 0 Å². The third kappa shape index (κ3) is 2.57. The summed E-state index contributed by atoms with van der Waals surface area (Å²) in [6.45, 7) is 2.37. The topological polar surface area (TPSA) is 66.9 Å². The number of nitrogens with zero attached hydrogens (tertiary/aromatic N) is 2. The van der Waals surface area contributed by atoms with Crippen LogP contribution >= 0.6 is 15.9 Å². The van der Waals surface area contributed by atoms with Crippen molar-refractivity contribution in [3.63, 3.8) is 0 Å². The van der Waals surface area contributed by atoms with Gasteiger partial charge in [-0.05, 0) is 25.1 Å². The quantitative estimate of drug-likeness (QED) is 0.905. The molecule has 1 amide bonds. The number of rotatable bonds is 3. The molecule has 0 spiro atoms. The average molecular weight is 333 g/mol. The van der Waals surface area contributed by atoms with Crippen LogP contribution in [-0.4, -0.2) is 15.9 Å². The van der Waals surface area contributed by atoms with Gasteiger partial charge in [0, 0.05) is 28.5 Å². The summed E-state index contributed by atoms with van der Waals surface area (Å²) < 4.78 is 0.948. The summed E-state index contributed by atoms with van der Waals surface area (Å²) in [5.41, 5.74) is 2.68. The van der Waals surface area contributed by atoms with Crippen LogP contribution in [0.25, 0.3) is 0 Å². The van der Waals surface area contributed by atoms with Crippen molar-refractivity contribution in [2.45, 2.75) is 19.5 Å². The van der Waals surface area contributed by atoms with Crippen LogP contribution in [0.1, 0.15) is 23.1 Å². The number of carbonyl (C=O) groups is 1. The zero-order valence-electron chi connectivity index (χ0n) is 10.9. The highest BCUT2D eigenvalue weighted by Crippen LogP contribution is 2.33. The van der Waals surface area contributed by atoms with Crippen molar-refractivity contribution >= 4 is 27.5 Å². The predicted molar refractivity (Wildman–Crippen MR) is 79.1 cm³/mol. The number of hydrogen-bond donors (Lipinski definition) is 2. The van der Waals surface area contributed by atoms with Crippen LogP contribution in [0.4, 0.5) is 5.69 Å². The Balaban J connectivity index is 1.77. The number of halogens is 1. The Labute approximate surface area is 125 Å². The number of hydrogen-bond acceptors (Lipinski definition) is 4. The molecule has 1 aromatic carbocycles. The lowest BCUT2D eigenvalue weighted by molar-refractivity contribution is -0.117. The smallest absolute Gasteiger partial charge is 0.246 e. The van der Waals surface area contributed by atoms with Crippen LogP contribution in [0.15, 0.2) is 34.9 Å². The minimum absolute atomic E-state index is 0.0381. The van der Waals surface area contributed by atoms with Gasteiger partial charge in [0.05, 0.1) is 5.69 Å². The lowest BCUT2D eigenvalue weighted by atomic mass is 10.1. The molecule has 3 rings (SSSR count). The first-order chi connectivity index (χ1) is 9.63. The highest BCUT2D eigenvalue weighted by atomic mass is 79.9. The summed E-state index contributed by atoms with van der Waals surface area (Å²) in [7, 11) is 0. The van der Waals surface area contributed by atoms with E-state index >= 15 is 0 Å². The van der Waals surface area contributed by atoms with E-state index in [0.29, 0.717) is 6.54 Å². The maximum absolute atomic E-state index is 12.0. The summed E-state index contributed by atoms with van der Waals surface area (Å²) in [6, 6.07) is 7.29. The van der Waals surface area contributed by atoms with Crippen molar-refractivity contribution in [2.75, 3.05) is 5.32 Å². The van der Waals surface area contributed by atoms with Gasteiger partial charge in [-0.2, -0.15) is 0 Å². The molecule has 1 atom stereocenters. The van der Waals surface area contributed by atoms with Crippen LogP contribution in [0.5, 0.6) is 0 Å². The number of nitrogens with one attached hydrogen (secondary N) is 2. The molecule has 102 valence electrons. The average Bonchev–Trinajstić information content (AvgIpc) is 2.71. The Kier molecular flexibility index (Phi) is 3.50. The van der Waals surface area contributed by atoms with Gasteiger partial charge >= 0.3 is 0 Å². The van der Waals surface area contributed by atoms with E-state index in [2.05, 4.69) is 36.5 Å². The fourth-order valence-electron chi connectivity index (χ4n) is 2.25. The second-order valence-corrected chi connectivity index (χ2v) is 5.55. The Morgan fingerprint density at radius 1 is 1.40 bits per heavy atom. The molecule has 5 nitrogen and oxygen atoms in total. The molecule has 20 heavy (non-hydrogen) atoms. The second-order valence-electron chi connectivity index (χ2n) is 4.63. The molecule has 0 saturated heterocycles. The zero-order chi connectivity index (χ0) is 14.1. The van der Waals surface area contributed by atoms with Crippen molar-refractivity contribution in [1.82, 2.24) is 15.3 Å². The summed E-state index contributed by atoms with van der Waals surface area (Å²) in [5.74, 6) is 0.688. The van der Waals surface area contributed by atoms with Gasteiger partial charge in [-0.3, -0.25) is 10.1 Å². The number of amides is 1. The maximum Gasteiger partial charge on any atom is 0.246 e. The first kappa shape index (κ1) is 13.2. The predicted octanol–water partition coefficient (Wildman–Crippen LogP) is 2.33. The van der Waals surface area contributed by atoms with Gasteiger partial charge in [-0.1, -0.05) is 22.0 Å². The highest BCUT2D eigenvalue weighted by Gasteiger charge is 2.30. The SMILES string of the molecule is Cc1nccc(CNC2C(=O)Nc3cc(Br)ccc32)n1. The van der Waals surface area contributed by atoms with E-state index in [1.54, 1.807) is 6.20 Å². The van der Waals surface area contributed by atoms with Gasteiger partial charge in [0.1, 0.15) is 11.9 Å². The van der Waals surface area contributed by atoms with Gasteiger partial charge in [0.25, 0.3) is 0 Å². The molecule has 1 aromatic heterocycles. The lowest BCUT2D eigenvalue weighted by Crippen LogP contribution is -2.27. The summed E-state index contributed by atoms with van der Waals surface area (Å²) in [4.78, 5) is 20.4. The standard InChI is InChI=1S/C14H13BrN4O/c1-8-16-5-4-10(18-8)7-17-13-11-3-2-9(15)6-12(11)19-14(13)20/h2-6,13,17H,7H2,1H3,(H,19,20). The second kappa shape index (κ2) is 5.30. The molecule has 0 saturated carbocycles. The molecule has 0 bridgehead atoms.